The van der Waals surface area contributed by atoms with Crippen LogP contribution in [0.25, 0.3) is 0 Å². The quantitative estimate of drug-likeness (QED) is 0.727. The Balaban J connectivity index is 2.00. The predicted molar refractivity (Wildman–Crippen MR) is 91.0 cm³/mol. The largest absolute Gasteiger partial charge is 0.314 e. The first-order chi connectivity index (χ1) is 10.1. The van der Waals surface area contributed by atoms with Crippen LogP contribution in [-0.4, -0.2) is 12.6 Å². The Morgan fingerprint density at radius 2 is 1.95 bits per heavy atom. The number of likely N-dealkylation sites (N-methyl/N-ethyl adjacent to an activating group) is 1. The third kappa shape index (κ3) is 4.79. The summed E-state index contributed by atoms with van der Waals surface area (Å²) >= 11 is 3.29. The molecule has 0 heterocycles. The first-order valence-electron chi connectivity index (χ1n) is 8.31. The van der Waals surface area contributed by atoms with Crippen LogP contribution in [0.5, 0.6) is 0 Å². The lowest BCUT2D eigenvalue weighted by atomic mass is 9.76. The molecule has 0 aromatic heterocycles. The summed E-state index contributed by atoms with van der Waals surface area (Å²) in [6.45, 7) is 5.48. The van der Waals surface area contributed by atoms with Gasteiger partial charge in [-0.1, -0.05) is 39.2 Å². The van der Waals surface area contributed by atoms with E-state index in [-0.39, 0.29) is 5.82 Å². The van der Waals surface area contributed by atoms with E-state index in [1.807, 2.05) is 12.1 Å². The first-order valence-corrected chi connectivity index (χ1v) is 9.10. The Labute approximate surface area is 136 Å². The highest BCUT2D eigenvalue weighted by Crippen LogP contribution is 2.33. The monoisotopic (exact) mass is 355 g/mol. The summed E-state index contributed by atoms with van der Waals surface area (Å²) in [6.07, 6.45) is 7.72. The van der Waals surface area contributed by atoms with Gasteiger partial charge < -0.3 is 5.32 Å². The highest BCUT2D eigenvalue weighted by Gasteiger charge is 2.26. The molecular weight excluding hydrogens is 329 g/mol. The van der Waals surface area contributed by atoms with E-state index in [9.17, 15) is 4.39 Å². The zero-order valence-electron chi connectivity index (χ0n) is 13.2. The Morgan fingerprint density at radius 1 is 1.24 bits per heavy atom. The van der Waals surface area contributed by atoms with Crippen LogP contribution in [0, 0.1) is 17.7 Å². The van der Waals surface area contributed by atoms with Crippen molar-refractivity contribution in [2.24, 2.45) is 11.8 Å². The first kappa shape index (κ1) is 17.0. The summed E-state index contributed by atoms with van der Waals surface area (Å²) in [5, 5.41) is 3.66. The molecule has 0 amide bonds. The maximum atomic E-state index is 13.4. The molecule has 1 saturated carbocycles. The van der Waals surface area contributed by atoms with Crippen molar-refractivity contribution < 1.29 is 4.39 Å². The van der Waals surface area contributed by atoms with Gasteiger partial charge in [0.05, 0.1) is 4.47 Å². The van der Waals surface area contributed by atoms with Crippen LogP contribution in [-0.2, 0) is 6.42 Å². The number of rotatable bonds is 6. The summed E-state index contributed by atoms with van der Waals surface area (Å²) in [7, 11) is 0. The molecule has 2 rings (SSSR count). The zero-order chi connectivity index (χ0) is 15.2. The van der Waals surface area contributed by atoms with Gasteiger partial charge in [0.25, 0.3) is 0 Å². The van der Waals surface area contributed by atoms with Crippen LogP contribution in [0.4, 0.5) is 4.39 Å². The standard InChI is InChI=1S/C18H27BrFN/c1-3-13-5-8-15(9-6-13)18(21-4-2)12-14-7-10-17(20)16(19)11-14/h7,10-11,13,15,18,21H,3-6,8-9,12H2,1-2H3. The van der Waals surface area contributed by atoms with E-state index in [0.29, 0.717) is 10.5 Å². The fraction of sp³-hybridized carbons (Fsp3) is 0.667. The van der Waals surface area contributed by atoms with Gasteiger partial charge in [-0.15, -0.1) is 0 Å². The molecular formula is C18H27BrFN. The topological polar surface area (TPSA) is 12.0 Å². The maximum Gasteiger partial charge on any atom is 0.137 e. The van der Waals surface area contributed by atoms with Gasteiger partial charge in [0.15, 0.2) is 0 Å². The minimum atomic E-state index is -0.179. The highest BCUT2D eigenvalue weighted by atomic mass is 79.9. The van der Waals surface area contributed by atoms with Crippen molar-refractivity contribution in [2.45, 2.75) is 58.4 Å². The van der Waals surface area contributed by atoms with Gasteiger partial charge in [0.1, 0.15) is 5.82 Å². The number of benzene rings is 1. The molecule has 1 N–H and O–H groups in total. The molecule has 1 fully saturated rings. The molecule has 1 aromatic rings. The second kappa shape index (κ2) is 8.28. The summed E-state index contributed by atoms with van der Waals surface area (Å²) in [4.78, 5) is 0. The maximum absolute atomic E-state index is 13.4. The lowest BCUT2D eigenvalue weighted by molar-refractivity contribution is 0.218. The van der Waals surface area contributed by atoms with Crippen LogP contribution in [0.2, 0.25) is 0 Å². The molecule has 1 aromatic carbocycles. The molecule has 0 aliphatic heterocycles. The number of halogens is 2. The van der Waals surface area contributed by atoms with Crippen molar-refractivity contribution in [3.8, 4) is 0 Å². The molecule has 0 saturated heterocycles. The second-order valence-corrected chi connectivity index (χ2v) is 7.16. The number of nitrogens with one attached hydrogen (secondary N) is 1. The normalized spacial score (nSPS) is 24.0. The lowest BCUT2D eigenvalue weighted by Gasteiger charge is -2.34. The zero-order valence-corrected chi connectivity index (χ0v) is 14.8. The molecule has 1 atom stereocenters. The minimum Gasteiger partial charge on any atom is -0.314 e. The van der Waals surface area contributed by atoms with Crippen molar-refractivity contribution in [1.29, 1.82) is 0 Å². The van der Waals surface area contributed by atoms with Crippen molar-refractivity contribution in [2.75, 3.05) is 6.54 Å². The average molecular weight is 356 g/mol. The van der Waals surface area contributed by atoms with Crippen LogP contribution in [0.15, 0.2) is 22.7 Å². The van der Waals surface area contributed by atoms with Gasteiger partial charge in [-0.05, 0) is 71.3 Å². The predicted octanol–water partition coefficient (Wildman–Crippen LogP) is 5.33. The third-order valence-electron chi connectivity index (χ3n) is 4.94. The molecule has 1 nitrogen and oxygen atoms in total. The number of hydrogen-bond donors (Lipinski definition) is 1. The number of hydrogen-bond acceptors (Lipinski definition) is 1. The van der Waals surface area contributed by atoms with Gasteiger partial charge in [0.2, 0.25) is 0 Å². The third-order valence-corrected chi connectivity index (χ3v) is 5.55. The molecule has 21 heavy (non-hydrogen) atoms. The Bertz CT molecular complexity index is 441. The van der Waals surface area contributed by atoms with Gasteiger partial charge in [-0.3, -0.25) is 0 Å². The molecule has 118 valence electrons. The lowest BCUT2D eigenvalue weighted by Crippen LogP contribution is -2.39. The Hall–Kier alpha value is -0.410. The fourth-order valence-corrected chi connectivity index (χ4v) is 4.01. The van der Waals surface area contributed by atoms with E-state index in [2.05, 4.69) is 35.1 Å². The van der Waals surface area contributed by atoms with Crippen LogP contribution < -0.4 is 5.32 Å². The van der Waals surface area contributed by atoms with Crippen LogP contribution >= 0.6 is 15.9 Å². The smallest absolute Gasteiger partial charge is 0.137 e. The Morgan fingerprint density at radius 3 is 2.52 bits per heavy atom. The van der Waals surface area contributed by atoms with Gasteiger partial charge >= 0.3 is 0 Å². The molecule has 3 heteroatoms. The van der Waals surface area contributed by atoms with Gasteiger partial charge in [-0.2, -0.15) is 0 Å². The molecule has 1 aliphatic carbocycles. The fourth-order valence-electron chi connectivity index (χ4n) is 3.59. The molecule has 1 unspecified atom stereocenters. The van der Waals surface area contributed by atoms with E-state index in [1.54, 1.807) is 6.07 Å². The summed E-state index contributed by atoms with van der Waals surface area (Å²) in [5.41, 5.74) is 1.21. The second-order valence-electron chi connectivity index (χ2n) is 6.31. The molecule has 0 radical (unpaired) electrons. The summed E-state index contributed by atoms with van der Waals surface area (Å²) in [6, 6.07) is 5.93. The summed E-state index contributed by atoms with van der Waals surface area (Å²) < 4.78 is 13.9. The SMILES string of the molecule is CCNC(Cc1ccc(F)c(Br)c1)C1CCC(CC)CC1. The van der Waals surface area contributed by atoms with Crippen molar-refractivity contribution in [3.63, 3.8) is 0 Å². The van der Waals surface area contributed by atoms with Crippen molar-refractivity contribution in [3.05, 3.63) is 34.1 Å². The van der Waals surface area contributed by atoms with Crippen LogP contribution in [0.3, 0.4) is 0 Å². The molecule has 0 bridgehead atoms. The van der Waals surface area contributed by atoms with Crippen molar-refractivity contribution in [1.82, 2.24) is 5.32 Å². The highest BCUT2D eigenvalue weighted by molar-refractivity contribution is 9.10. The van der Waals surface area contributed by atoms with E-state index < -0.39 is 0 Å². The van der Waals surface area contributed by atoms with E-state index >= 15 is 0 Å². The van der Waals surface area contributed by atoms with E-state index in [1.165, 1.54) is 37.7 Å². The Kier molecular flexibility index (Phi) is 6.69. The van der Waals surface area contributed by atoms with Crippen LogP contribution in [0.1, 0.15) is 51.5 Å². The minimum absolute atomic E-state index is 0.179. The molecule has 1 aliphatic rings. The van der Waals surface area contributed by atoms with Gasteiger partial charge in [-0.25, -0.2) is 4.39 Å². The average Bonchev–Trinajstić information content (AvgIpc) is 2.50. The van der Waals surface area contributed by atoms with Crippen molar-refractivity contribution >= 4 is 15.9 Å². The van der Waals surface area contributed by atoms with Gasteiger partial charge in [0, 0.05) is 6.04 Å². The molecule has 0 spiro atoms. The van der Waals surface area contributed by atoms with E-state index in [0.717, 1.165) is 24.8 Å². The van der Waals surface area contributed by atoms with E-state index in [4.69, 9.17) is 0 Å². The summed E-state index contributed by atoms with van der Waals surface area (Å²) in [5.74, 6) is 1.52.